The van der Waals surface area contributed by atoms with E-state index in [1.165, 1.54) is 0 Å². The second kappa shape index (κ2) is 8.52. The molecule has 0 radical (unpaired) electrons. The van der Waals surface area contributed by atoms with Gasteiger partial charge in [-0.2, -0.15) is 0 Å². The van der Waals surface area contributed by atoms with E-state index in [1.54, 1.807) is 0 Å². The highest BCUT2D eigenvalue weighted by molar-refractivity contribution is 6.31. The number of hydrogen-bond acceptors (Lipinski definition) is 3. The predicted octanol–water partition coefficient (Wildman–Crippen LogP) is 2.96. The van der Waals surface area contributed by atoms with Crippen molar-refractivity contribution in [3.63, 3.8) is 0 Å². The number of benzene rings is 1. The van der Waals surface area contributed by atoms with Gasteiger partial charge < -0.3 is 20.2 Å². The molecule has 0 bridgehead atoms. The van der Waals surface area contributed by atoms with Crippen LogP contribution in [0.25, 0.3) is 0 Å². The number of piperidine rings is 1. The first-order chi connectivity index (χ1) is 11.0. The Morgan fingerprint density at radius 3 is 2.78 bits per heavy atom. The Kier molecular flexibility index (Phi) is 6.69. The molecule has 1 aromatic carbocycles. The summed E-state index contributed by atoms with van der Waals surface area (Å²) in [6.07, 6.45) is 2.72. The van der Waals surface area contributed by atoms with Gasteiger partial charge in [-0.3, -0.25) is 0 Å². The average molecular weight is 340 g/mol. The third kappa shape index (κ3) is 4.83. The van der Waals surface area contributed by atoms with Crippen LogP contribution in [-0.2, 0) is 0 Å². The van der Waals surface area contributed by atoms with Crippen molar-refractivity contribution in [2.75, 3.05) is 38.6 Å². The van der Waals surface area contributed by atoms with Gasteiger partial charge in [0.15, 0.2) is 0 Å². The fourth-order valence-corrected chi connectivity index (χ4v) is 3.12. The van der Waals surface area contributed by atoms with E-state index in [9.17, 15) is 4.79 Å². The summed E-state index contributed by atoms with van der Waals surface area (Å²) in [6, 6.07) is 5.95. The number of hydrogen-bond donors (Lipinski definition) is 2. The Bertz CT molecular complexity index is 531. The van der Waals surface area contributed by atoms with Gasteiger partial charge in [0, 0.05) is 43.0 Å². The number of amides is 2. The van der Waals surface area contributed by atoms with Gasteiger partial charge in [-0.05, 0) is 50.9 Å². The molecule has 128 valence electrons. The van der Waals surface area contributed by atoms with Crippen LogP contribution in [0.1, 0.15) is 24.8 Å². The van der Waals surface area contributed by atoms with E-state index in [4.69, 9.17) is 16.7 Å². The van der Waals surface area contributed by atoms with Gasteiger partial charge in [-0.25, -0.2) is 4.79 Å². The van der Waals surface area contributed by atoms with Crippen LogP contribution in [0.2, 0.25) is 5.02 Å². The molecular formula is C17H26ClN3O2. The molecule has 2 rings (SSSR count). The van der Waals surface area contributed by atoms with Crippen LogP contribution in [0.3, 0.4) is 0 Å². The molecule has 0 aromatic heterocycles. The maximum atomic E-state index is 12.4. The maximum absolute atomic E-state index is 12.4. The number of aliphatic hydroxyl groups excluding tert-OH is 1. The largest absolute Gasteiger partial charge is 0.396 e. The topological polar surface area (TPSA) is 55.8 Å². The number of carbonyl (C=O) groups is 1. The molecule has 23 heavy (non-hydrogen) atoms. The van der Waals surface area contributed by atoms with Crippen molar-refractivity contribution >= 4 is 23.3 Å². The zero-order chi connectivity index (χ0) is 16.8. The number of carbonyl (C=O) groups excluding carboxylic acids is 1. The van der Waals surface area contributed by atoms with E-state index in [0.29, 0.717) is 11.1 Å². The smallest absolute Gasteiger partial charge is 0.321 e. The monoisotopic (exact) mass is 339 g/mol. The zero-order valence-electron chi connectivity index (χ0n) is 13.9. The lowest BCUT2D eigenvalue weighted by molar-refractivity contribution is 0.134. The van der Waals surface area contributed by atoms with Gasteiger partial charge >= 0.3 is 6.03 Å². The maximum Gasteiger partial charge on any atom is 0.321 e. The SMILES string of the molecule is Cc1c(Cl)cccc1NC(=O)N1CCC(N(C)CCCO)CC1. The van der Waals surface area contributed by atoms with Gasteiger partial charge in [0.1, 0.15) is 0 Å². The van der Waals surface area contributed by atoms with Crippen molar-refractivity contribution in [1.29, 1.82) is 0 Å². The van der Waals surface area contributed by atoms with Crippen molar-refractivity contribution < 1.29 is 9.90 Å². The molecule has 0 aliphatic carbocycles. The van der Waals surface area contributed by atoms with Crippen molar-refractivity contribution in [3.8, 4) is 0 Å². The van der Waals surface area contributed by atoms with Gasteiger partial charge in [-0.15, -0.1) is 0 Å². The van der Waals surface area contributed by atoms with Gasteiger partial charge in [0.2, 0.25) is 0 Å². The number of anilines is 1. The third-order valence-electron chi connectivity index (χ3n) is 4.55. The van der Waals surface area contributed by atoms with Gasteiger partial charge in [0.05, 0.1) is 0 Å². The van der Waals surface area contributed by atoms with E-state index in [1.807, 2.05) is 30.0 Å². The Morgan fingerprint density at radius 2 is 2.13 bits per heavy atom. The van der Waals surface area contributed by atoms with E-state index in [0.717, 1.165) is 50.1 Å². The van der Waals surface area contributed by atoms with E-state index in [-0.39, 0.29) is 12.6 Å². The summed E-state index contributed by atoms with van der Waals surface area (Å²) in [5.74, 6) is 0. The highest BCUT2D eigenvalue weighted by Gasteiger charge is 2.25. The molecule has 6 heteroatoms. The van der Waals surface area contributed by atoms with Crippen molar-refractivity contribution in [1.82, 2.24) is 9.80 Å². The summed E-state index contributed by atoms with van der Waals surface area (Å²) in [5, 5.41) is 12.5. The van der Waals surface area contributed by atoms with E-state index >= 15 is 0 Å². The molecule has 1 saturated heterocycles. The molecule has 5 nitrogen and oxygen atoms in total. The fraction of sp³-hybridized carbons (Fsp3) is 0.588. The summed E-state index contributed by atoms with van der Waals surface area (Å²) in [6.45, 7) is 4.53. The van der Waals surface area contributed by atoms with Crippen LogP contribution in [0.4, 0.5) is 10.5 Å². The Morgan fingerprint density at radius 1 is 1.43 bits per heavy atom. The summed E-state index contributed by atoms with van der Waals surface area (Å²) in [4.78, 5) is 16.5. The Balaban J connectivity index is 1.85. The molecule has 0 saturated carbocycles. The summed E-state index contributed by atoms with van der Waals surface area (Å²) >= 11 is 6.09. The number of urea groups is 1. The lowest BCUT2D eigenvalue weighted by atomic mass is 10.0. The number of aliphatic hydroxyl groups is 1. The minimum Gasteiger partial charge on any atom is -0.396 e. The molecule has 0 spiro atoms. The van der Waals surface area contributed by atoms with Crippen molar-refractivity contribution in [2.24, 2.45) is 0 Å². The summed E-state index contributed by atoms with van der Waals surface area (Å²) in [5.41, 5.74) is 1.66. The fourth-order valence-electron chi connectivity index (χ4n) is 2.95. The predicted molar refractivity (Wildman–Crippen MR) is 94.1 cm³/mol. The van der Waals surface area contributed by atoms with Crippen LogP contribution in [0.15, 0.2) is 18.2 Å². The molecule has 1 fully saturated rings. The molecule has 1 aliphatic rings. The molecule has 1 heterocycles. The second-order valence-corrected chi connectivity index (χ2v) is 6.53. The number of nitrogens with zero attached hydrogens (tertiary/aromatic N) is 2. The van der Waals surface area contributed by atoms with Crippen molar-refractivity contribution in [3.05, 3.63) is 28.8 Å². The molecule has 1 aromatic rings. The van der Waals surface area contributed by atoms with Crippen LogP contribution in [-0.4, -0.2) is 60.3 Å². The van der Waals surface area contributed by atoms with Crippen molar-refractivity contribution in [2.45, 2.75) is 32.2 Å². The van der Waals surface area contributed by atoms with Crippen LogP contribution < -0.4 is 5.32 Å². The molecule has 2 N–H and O–H groups in total. The van der Waals surface area contributed by atoms with Crippen LogP contribution >= 0.6 is 11.6 Å². The highest BCUT2D eigenvalue weighted by atomic mass is 35.5. The summed E-state index contributed by atoms with van der Waals surface area (Å²) in [7, 11) is 2.09. The lowest BCUT2D eigenvalue weighted by Gasteiger charge is -2.36. The van der Waals surface area contributed by atoms with E-state index < -0.39 is 0 Å². The van der Waals surface area contributed by atoms with E-state index in [2.05, 4.69) is 17.3 Å². The zero-order valence-corrected chi connectivity index (χ0v) is 14.6. The first kappa shape index (κ1) is 18.0. The number of halogens is 1. The molecule has 1 aliphatic heterocycles. The first-order valence-electron chi connectivity index (χ1n) is 8.15. The number of likely N-dealkylation sites (tertiary alicyclic amines) is 1. The molecule has 0 unspecified atom stereocenters. The standard InChI is InChI=1S/C17H26ClN3O2/c1-13-15(18)5-3-6-16(13)19-17(23)21-10-7-14(8-11-21)20(2)9-4-12-22/h3,5-6,14,22H,4,7-12H2,1-2H3,(H,19,23). The van der Waals surface area contributed by atoms with Gasteiger partial charge in [-0.1, -0.05) is 17.7 Å². The normalized spacial score (nSPS) is 16.0. The minimum atomic E-state index is -0.0631. The number of nitrogens with one attached hydrogen (secondary N) is 1. The van der Waals surface area contributed by atoms with Crippen LogP contribution in [0, 0.1) is 6.92 Å². The molecule has 0 atom stereocenters. The Labute approximate surface area is 143 Å². The quantitative estimate of drug-likeness (QED) is 0.867. The highest BCUT2D eigenvalue weighted by Crippen LogP contribution is 2.24. The van der Waals surface area contributed by atoms with Crippen LogP contribution in [0.5, 0.6) is 0 Å². The molecule has 2 amide bonds. The average Bonchev–Trinajstić information content (AvgIpc) is 2.57. The third-order valence-corrected chi connectivity index (χ3v) is 4.96. The summed E-state index contributed by atoms with van der Waals surface area (Å²) < 4.78 is 0. The minimum absolute atomic E-state index is 0.0631. The molecular weight excluding hydrogens is 314 g/mol. The number of rotatable bonds is 5. The van der Waals surface area contributed by atoms with Gasteiger partial charge in [0.25, 0.3) is 0 Å². The Hall–Kier alpha value is -1.30. The second-order valence-electron chi connectivity index (χ2n) is 6.12. The lowest BCUT2D eigenvalue weighted by Crippen LogP contribution is -2.47. The first-order valence-corrected chi connectivity index (χ1v) is 8.53.